The summed E-state index contributed by atoms with van der Waals surface area (Å²) < 4.78 is 26.6. The Labute approximate surface area is 88.7 Å². The van der Waals surface area contributed by atoms with Crippen LogP contribution in [0.2, 0.25) is 0 Å². The van der Waals surface area contributed by atoms with Crippen molar-refractivity contribution in [1.29, 1.82) is 0 Å². The summed E-state index contributed by atoms with van der Waals surface area (Å²) in [5.74, 6) is -0.300. The molecule has 82 valence electrons. The number of nitrogens with zero attached hydrogens (tertiary/aromatic N) is 1. The van der Waals surface area contributed by atoms with E-state index in [1.54, 1.807) is 0 Å². The Morgan fingerprint density at radius 2 is 1.87 bits per heavy atom. The normalized spacial score (nSPS) is 21.1. The molecule has 1 aliphatic rings. The first-order valence-electron chi connectivity index (χ1n) is 5.28. The zero-order chi connectivity index (χ0) is 11.0. The molecule has 15 heavy (non-hydrogen) atoms. The average molecular weight is 211 g/mol. The van der Waals surface area contributed by atoms with Crippen molar-refractivity contribution in [2.45, 2.75) is 20.3 Å². The predicted molar refractivity (Wildman–Crippen MR) is 57.1 cm³/mol. The average Bonchev–Trinajstić information content (AvgIpc) is 2.60. The maximum Gasteiger partial charge on any atom is 0.131 e. The fourth-order valence-corrected chi connectivity index (χ4v) is 1.98. The summed E-state index contributed by atoms with van der Waals surface area (Å²) in [5.41, 5.74) is 0.769. The van der Waals surface area contributed by atoms with Gasteiger partial charge in [0.15, 0.2) is 0 Å². The molecule has 0 aromatic heterocycles. The highest BCUT2D eigenvalue weighted by atomic mass is 19.1. The zero-order valence-electron chi connectivity index (χ0n) is 9.06. The molecular weight excluding hydrogens is 196 g/mol. The van der Waals surface area contributed by atoms with Crippen LogP contribution in [0.5, 0.6) is 0 Å². The Balaban J connectivity index is 2.29. The third-order valence-electron chi connectivity index (χ3n) is 3.05. The highest BCUT2D eigenvalue weighted by molar-refractivity contribution is 5.49. The molecule has 1 aliphatic heterocycles. The van der Waals surface area contributed by atoms with E-state index in [4.69, 9.17) is 0 Å². The highest BCUT2D eigenvalue weighted by Crippen LogP contribution is 2.26. The van der Waals surface area contributed by atoms with Crippen LogP contribution in [0.1, 0.15) is 18.9 Å². The molecule has 3 heteroatoms. The lowest BCUT2D eigenvalue weighted by atomic mass is 10.1. The molecule has 0 aliphatic carbocycles. The van der Waals surface area contributed by atoms with Gasteiger partial charge in [0.25, 0.3) is 0 Å². The first-order chi connectivity index (χ1) is 7.08. The van der Waals surface area contributed by atoms with Crippen molar-refractivity contribution in [1.82, 2.24) is 0 Å². The van der Waals surface area contributed by atoms with E-state index >= 15 is 0 Å². The van der Waals surface area contributed by atoms with E-state index in [0.29, 0.717) is 11.6 Å². The second-order valence-electron chi connectivity index (χ2n) is 4.37. The van der Waals surface area contributed by atoms with E-state index in [-0.39, 0.29) is 5.56 Å². The molecule has 0 amide bonds. The number of benzene rings is 1. The second-order valence-corrected chi connectivity index (χ2v) is 4.37. The van der Waals surface area contributed by atoms with Gasteiger partial charge in [0.05, 0.1) is 0 Å². The molecule has 1 fully saturated rings. The summed E-state index contributed by atoms with van der Waals surface area (Å²) in [5, 5.41) is 0. The van der Waals surface area contributed by atoms with Gasteiger partial charge in [0.1, 0.15) is 11.6 Å². The summed E-state index contributed by atoms with van der Waals surface area (Å²) in [6.45, 7) is 5.40. The van der Waals surface area contributed by atoms with Gasteiger partial charge in [-0.2, -0.15) is 0 Å². The van der Waals surface area contributed by atoms with E-state index in [1.807, 2.05) is 4.90 Å². The molecule has 0 bridgehead atoms. The summed E-state index contributed by atoms with van der Waals surface area (Å²) >= 11 is 0. The van der Waals surface area contributed by atoms with E-state index in [2.05, 4.69) is 6.92 Å². The van der Waals surface area contributed by atoms with Crippen molar-refractivity contribution < 1.29 is 8.78 Å². The van der Waals surface area contributed by atoms with E-state index in [0.717, 1.165) is 19.5 Å². The van der Waals surface area contributed by atoms with Gasteiger partial charge in [0, 0.05) is 24.3 Å². The summed E-state index contributed by atoms with van der Waals surface area (Å²) in [6.07, 6.45) is 1.09. The minimum Gasteiger partial charge on any atom is -0.371 e. The molecule has 0 N–H and O–H groups in total. The topological polar surface area (TPSA) is 3.24 Å². The molecule has 0 spiro atoms. The lowest BCUT2D eigenvalue weighted by Crippen LogP contribution is -2.19. The van der Waals surface area contributed by atoms with Gasteiger partial charge in [-0.05, 0) is 31.4 Å². The minimum atomic E-state index is -0.454. The molecule has 1 aromatic rings. The van der Waals surface area contributed by atoms with E-state index in [1.165, 1.54) is 19.1 Å². The highest BCUT2D eigenvalue weighted by Gasteiger charge is 2.20. The van der Waals surface area contributed by atoms with Crippen LogP contribution in [-0.2, 0) is 0 Å². The number of rotatable bonds is 1. The minimum absolute atomic E-state index is 0.103. The predicted octanol–water partition coefficient (Wildman–Crippen LogP) is 3.12. The molecular formula is C12H15F2N. The van der Waals surface area contributed by atoms with Gasteiger partial charge in [-0.25, -0.2) is 8.78 Å². The van der Waals surface area contributed by atoms with Gasteiger partial charge in [0.2, 0.25) is 0 Å². The van der Waals surface area contributed by atoms with Crippen LogP contribution in [0.4, 0.5) is 14.5 Å². The number of anilines is 1. The molecule has 2 rings (SSSR count). The maximum absolute atomic E-state index is 13.3. The number of hydrogen-bond acceptors (Lipinski definition) is 1. The second kappa shape index (κ2) is 3.80. The largest absolute Gasteiger partial charge is 0.371 e. The van der Waals surface area contributed by atoms with E-state index < -0.39 is 11.6 Å². The first kappa shape index (κ1) is 10.4. The van der Waals surface area contributed by atoms with Crippen molar-refractivity contribution in [3.8, 4) is 0 Å². The SMILES string of the molecule is Cc1c(F)cc(N2CCC(C)C2)cc1F. The Morgan fingerprint density at radius 1 is 1.27 bits per heavy atom. The fourth-order valence-electron chi connectivity index (χ4n) is 1.98. The van der Waals surface area contributed by atoms with Crippen molar-refractivity contribution in [2.75, 3.05) is 18.0 Å². The molecule has 1 aromatic carbocycles. The van der Waals surface area contributed by atoms with Gasteiger partial charge < -0.3 is 4.90 Å². The monoisotopic (exact) mass is 211 g/mol. The van der Waals surface area contributed by atoms with Crippen LogP contribution in [0.15, 0.2) is 12.1 Å². The standard InChI is InChI=1S/C12H15F2N/c1-8-3-4-15(7-8)10-5-11(13)9(2)12(14)6-10/h5-6,8H,3-4,7H2,1-2H3. The van der Waals surface area contributed by atoms with Crippen LogP contribution >= 0.6 is 0 Å². The Hall–Kier alpha value is -1.12. The Kier molecular flexibility index (Phi) is 2.63. The quantitative estimate of drug-likeness (QED) is 0.689. The zero-order valence-corrected chi connectivity index (χ0v) is 9.06. The first-order valence-corrected chi connectivity index (χ1v) is 5.28. The van der Waals surface area contributed by atoms with Crippen molar-refractivity contribution in [3.63, 3.8) is 0 Å². The van der Waals surface area contributed by atoms with Gasteiger partial charge in [-0.1, -0.05) is 6.92 Å². The van der Waals surface area contributed by atoms with Crippen molar-refractivity contribution in [2.24, 2.45) is 5.92 Å². The third kappa shape index (κ3) is 1.96. The summed E-state index contributed by atoms with van der Waals surface area (Å²) in [6, 6.07) is 2.85. The number of halogens is 2. The van der Waals surface area contributed by atoms with E-state index in [9.17, 15) is 8.78 Å². The van der Waals surface area contributed by atoms with Crippen LogP contribution in [0.3, 0.4) is 0 Å². The Morgan fingerprint density at radius 3 is 2.33 bits per heavy atom. The van der Waals surface area contributed by atoms with Gasteiger partial charge in [-0.3, -0.25) is 0 Å². The lowest BCUT2D eigenvalue weighted by Gasteiger charge is -2.18. The molecule has 1 unspecified atom stereocenters. The van der Waals surface area contributed by atoms with Crippen molar-refractivity contribution >= 4 is 5.69 Å². The molecule has 0 radical (unpaired) electrons. The third-order valence-corrected chi connectivity index (χ3v) is 3.05. The summed E-state index contributed by atoms with van der Waals surface area (Å²) in [4.78, 5) is 2.04. The van der Waals surface area contributed by atoms with Crippen LogP contribution in [0, 0.1) is 24.5 Å². The van der Waals surface area contributed by atoms with Crippen LogP contribution in [0.25, 0.3) is 0 Å². The van der Waals surface area contributed by atoms with Gasteiger partial charge >= 0.3 is 0 Å². The van der Waals surface area contributed by atoms with Gasteiger partial charge in [-0.15, -0.1) is 0 Å². The smallest absolute Gasteiger partial charge is 0.131 e. The molecule has 1 heterocycles. The Bertz CT molecular complexity index is 353. The lowest BCUT2D eigenvalue weighted by molar-refractivity contribution is 0.567. The fraction of sp³-hybridized carbons (Fsp3) is 0.500. The van der Waals surface area contributed by atoms with Crippen LogP contribution < -0.4 is 4.90 Å². The molecule has 1 atom stereocenters. The maximum atomic E-state index is 13.3. The molecule has 1 nitrogen and oxygen atoms in total. The molecule has 0 saturated carbocycles. The number of hydrogen-bond donors (Lipinski definition) is 0. The molecule has 1 saturated heterocycles. The van der Waals surface area contributed by atoms with Crippen LogP contribution in [-0.4, -0.2) is 13.1 Å². The van der Waals surface area contributed by atoms with Crippen molar-refractivity contribution in [3.05, 3.63) is 29.3 Å². The summed E-state index contributed by atoms with van der Waals surface area (Å²) in [7, 11) is 0.